The number of urea groups is 1. The number of aliphatic hydroxyl groups is 1. The molecule has 0 saturated heterocycles. The van der Waals surface area contributed by atoms with Crippen LogP contribution in [0.1, 0.15) is 18.1 Å². The van der Waals surface area contributed by atoms with Crippen molar-refractivity contribution in [1.82, 2.24) is 5.32 Å². The number of hydrogen-bond donors (Lipinski definition) is 3. The molecule has 112 valence electrons. The fraction of sp³-hybridized carbons (Fsp3) is 0.214. The molecule has 0 aliphatic carbocycles. The zero-order valence-corrected chi connectivity index (χ0v) is 11.8. The summed E-state index contributed by atoms with van der Waals surface area (Å²) in [4.78, 5) is 11.5. The van der Waals surface area contributed by atoms with E-state index in [1.54, 1.807) is 6.07 Å². The summed E-state index contributed by atoms with van der Waals surface area (Å²) in [5, 5.41) is 18.0. The zero-order chi connectivity index (χ0) is 15.2. The van der Waals surface area contributed by atoms with Crippen LogP contribution in [0, 0.1) is 11.6 Å². The molecule has 0 fully saturated rings. The Morgan fingerprint density at radius 2 is 2.00 bits per heavy atom. The molecule has 0 radical (unpaired) electrons. The van der Waals surface area contributed by atoms with E-state index in [-0.39, 0.29) is 6.54 Å². The van der Waals surface area contributed by atoms with E-state index in [9.17, 15) is 18.7 Å². The summed E-state index contributed by atoms with van der Waals surface area (Å²) in [5.74, 6) is -1.69. The van der Waals surface area contributed by atoms with Gasteiger partial charge in [0.25, 0.3) is 0 Å². The van der Waals surface area contributed by atoms with Crippen LogP contribution in [0.4, 0.5) is 19.3 Å². The highest BCUT2D eigenvalue weighted by molar-refractivity contribution is 7.07. The Balaban J connectivity index is 1.80. The second-order valence-corrected chi connectivity index (χ2v) is 5.12. The summed E-state index contributed by atoms with van der Waals surface area (Å²) in [6, 6.07) is 4.39. The highest BCUT2D eigenvalue weighted by Crippen LogP contribution is 2.19. The maximum atomic E-state index is 13.3. The van der Waals surface area contributed by atoms with Crippen LogP contribution >= 0.6 is 11.3 Å². The molecule has 0 bridgehead atoms. The van der Waals surface area contributed by atoms with Crippen LogP contribution in [0.5, 0.6) is 0 Å². The largest absolute Gasteiger partial charge is 0.388 e. The van der Waals surface area contributed by atoms with Gasteiger partial charge in [0, 0.05) is 6.54 Å². The van der Waals surface area contributed by atoms with Gasteiger partial charge in [0.15, 0.2) is 0 Å². The first-order valence-corrected chi connectivity index (χ1v) is 7.21. The van der Waals surface area contributed by atoms with Crippen molar-refractivity contribution in [2.75, 3.05) is 11.9 Å². The molecule has 0 spiro atoms. The van der Waals surface area contributed by atoms with Crippen molar-refractivity contribution in [2.24, 2.45) is 0 Å². The molecule has 4 nitrogen and oxygen atoms in total. The topological polar surface area (TPSA) is 61.4 Å². The highest BCUT2D eigenvalue weighted by Gasteiger charge is 2.12. The third-order valence-electron chi connectivity index (χ3n) is 2.83. The van der Waals surface area contributed by atoms with Crippen molar-refractivity contribution < 1.29 is 18.7 Å². The number of amides is 2. The van der Waals surface area contributed by atoms with Gasteiger partial charge in [-0.2, -0.15) is 11.3 Å². The summed E-state index contributed by atoms with van der Waals surface area (Å²) in [6.45, 7) is 0.179. The highest BCUT2D eigenvalue weighted by atomic mass is 32.1. The van der Waals surface area contributed by atoms with Crippen LogP contribution in [0.15, 0.2) is 35.0 Å². The Labute approximate surface area is 124 Å². The average Bonchev–Trinajstić information content (AvgIpc) is 2.97. The molecule has 7 heteroatoms. The molecule has 1 aromatic heterocycles. The molecule has 1 aromatic carbocycles. The van der Waals surface area contributed by atoms with Gasteiger partial charge in [-0.15, -0.1) is 0 Å². The van der Waals surface area contributed by atoms with Gasteiger partial charge in [-0.1, -0.05) is 6.07 Å². The summed E-state index contributed by atoms with van der Waals surface area (Å²) < 4.78 is 26.7. The number of carbonyl (C=O) groups is 1. The number of carbonyl (C=O) groups excluding carboxylic acids is 1. The molecule has 1 unspecified atom stereocenters. The van der Waals surface area contributed by atoms with Crippen LogP contribution in [0.2, 0.25) is 0 Å². The quantitative estimate of drug-likeness (QED) is 0.793. The number of nitrogens with one attached hydrogen (secondary N) is 2. The van der Waals surface area contributed by atoms with E-state index < -0.39 is 29.5 Å². The fourth-order valence-corrected chi connectivity index (χ4v) is 2.44. The summed E-state index contributed by atoms with van der Waals surface area (Å²) in [6.07, 6.45) is -0.370. The molecule has 0 aliphatic rings. The van der Waals surface area contributed by atoms with Gasteiger partial charge in [-0.05, 0) is 40.9 Å². The van der Waals surface area contributed by atoms with E-state index in [0.29, 0.717) is 6.42 Å². The van der Waals surface area contributed by atoms with Crippen molar-refractivity contribution in [1.29, 1.82) is 0 Å². The molecule has 21 heavy (non-hydrogen) atoms. The van der Waals surface area contributed by atoms with E-state index in [1.165, 1.54) is 17.4 Å². The van der Waals surface area contributed by atoms with Crippen molar-refractivity contribution in [3.8, 4) is 0 Å². The fourth-order valence-electron chi connectivity index (χ4n) is 1.73. The SMILES string of the molecule is O=C(NCCC(O)c1ccsc1)Nc1c(F)cccc1F. The third-order valence-corrected chi connectivity index (χ3v) is 3.53. The number of hydrogen-bond acceptors (Lipinski definition) is 3. The summed E-state index contributed by atoms with van der Waals surface area (Å²) in [7, 11) is 0. The standard InChI is InChI=1S/C14H14F2N2O2S/c15-10-2-1-3-11(16)13(10)18-14(20)17-6-4-12(19)9-5-7-21-8-9/h1-3,5,7-8,12,19H,4,6H2,(H2,17,18,20). The average molecular weight is 312 g/mol. The number of halogens is 2. The van der Waals surface area contributed by atoms with Crippen molar-refractivity contribution in [3.63, 3.8) is 0 Å². The second kappa shape index (κ2) is 7.14. The molecule has 1 atom stereocenters. The normalized spacial score (nSPS) is 12.0. The number of rotatable bonds is 5. The molecule has 2 rings (SSSR count). The number of thiophene rings is 1. The first kappa shape index (κ1) is 15.4. The Bertz CT molecular complexity index is 585. The summed E-state index contributed by atoms with van der Waals surface area (Å²) >= 11 is 1.47. The lowest BCUT2D eigenvalue weighted by molar-refractivity contribution is 0.168. The summed E-state index contributed by atoms with van der Waals surface area (Å²) in [5.41, 5.74) is 0.288. The molecular formula is C14H14F2N2O2S. The lowest BCUT2D eigenvalue weighted by Gasteiger charge is -2.11. The van der Waals surface area contributed by atoms with E-state index in [0.717, 1.165) is 17.7 Å². The van der Waals surface area contributed by atoms with Gasteiger partial charge in [0.05, 0.1) is 6.10 Å². The van der Waals surface area contributed by atoms with E-state index in [1.807, 2.05) is 10.8 Å². The molecule has 2 amide bonds. The smallest absolute Gasteiger partial charge is 0.319 e. The van der Waals surface area contributed by atoms with E-state index in [4.69, 9.17) is 0 Å². The first-order valence-electron chi connectivity index (χ1n) is 6.27. The Morgan fingerprint density at radius 1 is 1.29 bits per heavy atom. The minimum atomic E-state index is -0.844. The lowest BCUT2D eigenvalue weighted by atomic mass is 10.1. The van der Waals surface area contributed by atoms with Crippen molar-refractivity contribution in [3.05, 3.63) is 52.2 Å². The first-order chi connectivity index (χ1) is 10.1. The number of anilines is 1. The minimum absolute atomic E-state index is 0.179. The van der Waals surface area contributed by atoms with Crippen molar-refractivity contribution >= 4 is 23.1 Å². The van der Waals surface area contributed by atoms with Crippen molar-refractivity contribution in [2.45, 2.75) is 12.5 Å². The van der Waals surface area contributed by atoms with Gasteiger partial charge < -0.3 is 15.7 Å². The number of aliphatic hydroxyl groups excluding tert-OH is 1. The van der Waals surface area contributed by atoms with Crippen LogP contribution < -0.4 is 10.6 Å². The van der Waals surface area contributed by atoms with Gasteiger partial charge in [-0.3, -0.25) is 0 Å². The Hall–Kier alpha value is -1.99. The maximum absolute atomic E-state index is 13.3. The number of benzene rings is 1. The Morgan fingerprint density at radius 3 is 2.62 bits per heavy atom. The number of para-hydroxylation sites is 1. The molecule has 1 heterocycles. The van der Waals surface area contributed by atoms with E-state index in [2.05, 4.69) is 10.6 Å². The van der Waals surface area contributed by atoms with Gasteiger partial charge in [0.2, 0.25) is 0 Å². The maximum Gasteiger partial charge on any atom is 0.319 e. The molecule has 3 N–H and O–H groups in total. The van der Waals surface area contributed by atoms with Crippen LogP contribution in [-0.4, -0.2) is 17.7 Å². The van der Waals surface area contributed by atoms with Crippen LogP contribution in [0.25, 0.3) is 0 Å². The van der Waals surface area contributed by atoms with Gasteiger partial charge in [-0.25, -0.2) is 13.6 Å². The zero-order valence-electron chi connectivity index (χ0n) is 11.0. The third kappa shape index (κ3) is 4.24. The van der Waals surface area contributed by atoms with Gasteiger partial charge in [0.1, 0.15) is 17.3 Å². The lowest BCUT2D eigenvalue weighted by Crippen LogP contribution is -2.31. The van der Waals surface area contributed by atoms with Crippen LogP contribution in [0.3, 0.4) is 0 Å². The van der Waals surface area contributed by atoms with Crippen LogP contribution in [-0.2, 0) is 0 Å². The predicted molar refractivity (Wildman–Crippen MR) is 77.3 cm³/mol. The second-order valence-electron chi connectivity index (χ2n) is 4.34. The molecular weight excluding hydrogens is 298 g/mol. The molecule has 0 aliphatic heterocycles. The van der Waals surface area contributed by atoms with Gasteiger partial charge >= 0.3 is 6.03 Å². The molecule has 2 aromatic rings. The molecule has 0 saturated carbocycles. The predicted octanol–water partition coefficient (Wildman–Crippen LogP) is 3.27. The Kier molecular flexibility index (Phi) is 5.24. The monoisotopic (exact) mass is 312 g/mol. The van der Waals surface area contributed by atoms with E-state index >= 15 is 0 Å². The minimum Gasteiger partial charge on any atom is -0.388 e.